The van der Waals surface area contributed by atoms with E-state index in [4.69, 9.17) is 10.5 Å². The molecule has 4 rings (SSSR count). The first-order valence-electron chi connectivity index (χ1n) is 9.80. The van der Waals surface area contributed by atoms with E-state index < -0.39 is 36.3 Å². The maximum atomic E-state index is 12.7. The second kappa shape index (κ2) is 7.55. The van der Waals surface area contributed by atoms with E-state index in [0.717, 1.165) is 0 Å². The fourth-order valence-electron chi connectivity index (χ4n) is 3.94. The van der Waals surface area contributed by atoms with Crippen LogP contribution in [0.3, 0.4) is 0 Å². The number of imidazole rings is 1. The smallest absolute Gasteiger partial charge is 0.455 e. The number of aromatic hydroxyl groups is 1. The number of nitrogens with one attached hydrogen (secondary N) is 1. The number of amides is 1. The first kappa shape index (κ1) is 21.2. The van der Waals surface area contributed by atoms with E-state index in [1.165, 1.54) is 29.6 Å². The Morgan fingerprint density at radius 3 is 2.61 bits per heavy atom. The summed E-state index contributed by atoms with van der Waals surface area (Å²) in [5.74, 6) is -2.91. The van der Waals surface area contributed by atoms with E-state index in [0.29, 0.717) is 17.7 Å². The number of rotatable bonds is 7. The quantitative estimate of drug-likeness (QED) is 0.319. The molecule has 0 spiro atoms. The lowest BCUT2D eigenvalue weighted by Gasteiger charge is -2.42. The van der Waals surface area contributed by atoms with Gasteiger partial charge in [0.15, 0.2) is 0 Å². The SMILES string of the molecule is C[C@](N)(C(=O)N1CC(Oc2ccc([C@@H]3C[C@@H]3B(O)O)c(O)c2C(=O)O)C1)c1cnc[nH]1. The van der Waals surface area contributed by atoms with Crippen molar-refractivity contribution in [1.82, 2.24) is 14.9 Å². The molecule has 12 heteroatoms. The van der Waals surface area contributed by atoms with Crippen LogP contribution < -0.4 is 10.5 Å². The number of carbonyl (C=O) groups is 2. The molecule has 1 aromatic carbocycles. The number of carboxylic acids is 1. The molecule has 1 aliphatic carbocycles. The predicted molar refractivity (Wildman–Crippen MR) is 107 cm³/mol. The summed E-state index contributed by atoms with van der Waals surface area (Å²) >= 11 is 0. The van der Waals surface area contributed by atoms with Gasteiger partial charge in [0.05, 0.1) is 31.3 Å². The number of aromatic carboxylic acids is 1. The maximum Gasteiger partial charge on any atom is 0.455 e. The number of hydrogen-bond acceptors (Lipinski definition) is 8. The summed E-state index contributed by atoms with van der Waals surface area (Å²) in [5.41, 5.74) is 5.29. The van der Waals surface area contributed by atoms with Crippen molar-refractivity contribution < 1.29 is 34.6 Å². The number of phenols is 1. The number of aromatic nitrogens is 2. The van der Waals surface area contributed by atoms with Crippen LogP contribution in [0, 0.1) is 0 Å². The molecule has 2 aromatic rings. The Bertz CT molecular complexity index is 1000. The maximum absolute atomic E-state index is 12.7. The van der Waals surface area contributed by atoms with Gasteiger partial charge in [-0.2, -0.15) is 0 Å². The highest BCUT2D eigenvalue weighted by Crippen LogP contribution is 2.56. The van der Waals surface area contributed by atoms with Crippen molar-refractivity contribution in [1.29, 1.82) is 0 Å². The van der Waals surface area contributed by atoms with Crippen molar-refractivity contribution in [2.24, 2.45) is 5.73 Å². The van der Waals surface area contributed by atoms with Gasteiger partial charge in [0, 0.05) is 5.82 Å². The van der Waals surface area contributed by atoms with Crippen LogP contribution in [0.4, 0.5) is 0 Å². The molecule has 7 N–H and O–H groups in total. The van der Waals surface area contributed by atoms with Gasteiger partial charge in [-0.3, -0.25) is 4.79 Å². The Hall–Kier alpha value is -3.09. The zero-order chi connectivity index (χ0) is 22.5. The summed E-state index contributed by atoms with van der Waals surface area (Å²) in [5, 5.41) is 38.6. The number of H-pyrrole nitrogens is 1. The van der Waals surface area contributed by atoms with Gasteiger partial charge in [0.2, 0.25) is 5.91 Å². The van der Waals surface area contributed by atoms with Crippen LogP contribution in [0.15, 0.2) is 24.7 Å². The molecule has 2 heterocycles. The highest BCUT2D eigenvalue weighted by atomic mass is 16.5. The van der Waals surface area contributed by atoms with Crippen molar-refractivity contribution in [3.63, 3.8) is 0 Å². The Balaban J connectivity index is 1.44. The average molecular weight is 430 g/mol. The van der Waals surface area contributed by atoms with Gasteiger partial charge in [-0.25, -0.2) is 9.78 Å². The Kier molecular flexibility index (Phi) is 5.16. The fraction of sp³-hybridized carbons (Fsp3) is 0.421. The van der Waals surface area contributed by atoms with Crippen molar-refractivity contribution in [3.05, 3.63) is 41.5 Å². The van der Waals surface area contributed by atoms with E-state index in [-0.39, 0.29) is 36.2 Å². The minimum Gasteiger partial charge on any atom is -0.507 e. The zero-order valence-electron chi connectivity index (χ0n) is 16.7. The van der Waals surface area contributed by atoms with Gasteiger partial charge in [0.1, 0.15) is 28.7 Å². The van der Waals surface area contributed by atoms with Crippen molar-refractivity contribution in [2.45, 2.75) is 36.7 Å². The van der Waals surface area contributed by atoms with Crippen LogP contribution in [0.1, 0.15) is 40.9 Å². The van der Waals surface area contributed by atoms with Crippen LogP contribution in [-0.2, 0) is 10.3 Å². The number of carbonyl (C=O) groups excluding carboxylic acids is 1. The molecule has 31 heavy (non-hydrogen) atoms. The Labute approximate surface area is 177 Å². The molecule has 1 aromatic heterocycles. The van der Waals surface area contributed by atoms with Gasteiger partial charge in [-0.1, -0.05) is 6.07 Å². The fourth-order valence-corrected chi connectivity index (χ4v) is 3.94. The lowest BCUT2D eigenvalue weighted by atomic mass is 9.81. The summed E-state index contributed by atoms with van der Waals surface area (Å²) in [6.07, 6.45) is 2.90. The van der Waals surface area contributed by atoms with Gasteiger partial charge in [-0.05, 0) is 30.9 Å². The van der Waals surface area contributed by atoms with Gasteiger partial charge in [-0.15, -0.1) is 0 Å². The number of ether oxygens (including phenoxy) is 1. The number of aromatic amines is 1. The molecule has 1 amide bonds. The number of carboxylic acid groups (broad SMARTS) is 1. The third kappa shape index (κ3) is 3.73. The summed E-state index contributed by atoms with van der Waals surface area (Å²) in [7, 11) is -1.53. The second-order valence-electron chi connectivity index (χ2n) is 8.22. The number of likely N-dealkylation sites (tertiary alicyclic amines) is 1. The van der Waals surface area contributed by atoms with Crippen LogP contribution in [-0.4, -0.2) is 73.3 Å². The van der Waals surface area contributed by atoms with E-state index in [1.54, 1.807) is 6.92 Å². The summed E-state index contributed by atoms with van der Waals surface area (Å²) in [4.78, 5) is 32.7. The van der Waals surface area contributed by atoms with Crippen molar-refractivity contribution in [2.75, 3.05) is 13.1 Å². The molecule has 0 bridgehead atoms. The molecule has 3 atom stereocenters. The van der Waals surface area contributed by atoms with Crippen LogP contribution in [0.25, 0.3) is 0 Å². The molecule has 1 aliphatic heterocycles. The Morgan fingerprint density at radius 1 is 1.35 bits per heavy atom. The van der Waals surface area contributed by atoms with Crippen LogP contribution >= 0.6 is 0 Å². The molecular formula is C19H23BN4O7. The van der Waals surface area contributed by atoms with Gasteiger partial charge in [0.25, 0.3) is 0 Å². The third-order valence-electron chi connectivity index (χ3n) is 5.94. The average Bonchev–Trinajstić information content (AvgIpc) is 3.26. The first-order chi connectivity index (χ1) is 14.6. The van der Waals surface area contributed by atoms with Crippen molar-refractivity contribution >= 4 is 19.0 Å². The van der Waals surface area contributed by atoms with Gasteiger partial charge < -0.3 is 40.6 Å². The minimum absolute atomic E-state index is 0.0170. The van der Waals surface area contributed by atoms with Crippen molar-refractivity contribution in [3.8, 4) is 11.5 Å². The van der Waals surface area contributed by atoms with E-state index >= 15 is 0 Å². The van der Waals surface area contributed by atoms with E-state index in [2.05, 4.69) is 9.97 Å². The topological polar surface area (TPSA) is 182 Å². The molecule has 0 unspecified atom stereocenters. The van der Waals surface area contributed by atoms with E-state index in [9.17, 15) is 29.9 Å². The molecule has 2 fully saturated rings. The lowest BCUT2D eigenvalue weighted by Crippen LogP contribution is -2.62. The van der Waals surface area contributed by atoms with E-state index in [1.807, 2.05) is 0 Å². The summed E-state index contributed by atoms with van der Waals surface area (Å²) in [6, 6.07) is 2.97. The number of hydrogen-bond donors (Lipinski definition) is 6. The third-order valence-corrected chi connectivity index (χ3v) is 5.94. The molecule has 11 nitrogen and oxygen atoms in total. The highest BCUT2D eigenvalue weighted by molar-refractivity contribution is 6.44. The first-order valence-corrected chi connectivity index (χ1v) is 9.80. The zero-order valence-corrected chi connectivity index (χ0v) is 16.7. The largest absolute Gasteiger partial charge is 0.507 e. The minimum atomic E-state index is -1.53. The lowest BCUT2D eigenvalue weighted by molar-refractivity contribution is -0.145. The molecule has 164 valence electrons. The number of benzene rings is 1. The summed E-state index contributed by atoms with van der Waals surface area (Å²) < 4.78 is 5.74. The molecular weight excluding hydrogens is 407 g/mol. The monoisotopic (exact) mass is 430 g/mol. The Morgan fingerprint density at radius 2 is 2.06 bits per heavy atom. The number of nitrogens with two attached hydrogens (primary N) is 1. The predicted octanol–water partition coefficient (Wildman–Crippen LogP) is -0.392. The summed E-state index contributed by atoms with van der Waals surface area (Å²) in [6.45, 7) is 2.00. The standard InChI is InChI=1S/C19H23BN4O7/c1-19(21,14-5-22-8-23-14)18(28)24-6-9(7-24)31-13-3-2-10(11-4-12(11)20(29)30)16(25)15(13)17(26)27/h2-3,5,8-9,11-12,25,29-30H,4,6-7,21H2,1H3,(H,22,23)(H,26,27)/t11-,12-,19+/m0/s1. The van der Waals surface area contributed by atoms with Gasteiger partial charge >= 0.3 is 13.1 Å². The number of nitrogens with zero attached hydrogens (tertiary/aromatic N) is 2. The molecule has 0 radical (unpaired) electrons. The van der Waals surface area contributed by atoms with Crippen LogP contribution in [0.5, 0.6) is 11.5 Å². The normalized spacial score (nSPS) is 22.4. The highest BCUT2D eigenvalue weighted by Gasteiger charge is 2.48. The molecule has 2 aliphatic rings. The molecule has 1 saturated carbocycles. The second-order valence-corrected chi connectivity index (χ2v) is 8.22. The molecule has 1 saturated heterocycles. The van der Waals surface area contributed by atoms with Crippen LogP contribution in [0.2, 0.25) is 5.82 Å².